The molecule has 0 aliphatic heterocycles. The van der Waals surface area contributed by atoms with E-state index in [4.69, 9.17) is 4.74 Å². The first-order valence-corrected chi connectivity index (χ1v) is 7.52. The summed E-state index contributed by atoms with van der Waals surface area (Å²) in [6.45, 7) is 2.53. The quantitative estimate of drug-likeness (QED) is 0.620. The first-order chi connectivity index (χ1) is 10.3. The summed E-state index contributed by atoms with van der Waals surface area (Å²) in [6.07, 6.45) is 1.80. The number of rotatable bonds is 3. The maximum atomic E-state index is 5.94. The third-order valence-corrected chi connectivity index (χ3v) is 4.43. The molecule has 0 fully saturated rings. The Morgan fingerprint density at radius 1 is 1.24 bits per heavy atom. The fraction of sp³-hybridized carbons (Fsp3) is 0.125. The molecular weight excluding hydrogens is 282 g/mol. The standard InChI is InChI=1S/C16H13N3OS/c1-10-6-13-11(8-17-19-13)7-14(10)20-9-16-18-12-4-2-3-5-15(12)21-16/h2-8H,9H2,1H3,(H,17,19). The highest BCUT2D eigenvalue weighted by Crippen LogP contribution is 2.27. The van der Waals surface area contributed by atoms with Gasteiger partial charge in [0.15, 0.2) is 0 Å². The largest absolute Gasteiger partial charge is 0.486 e. The van der Waals surface area contributed by atoms with E-state index in [1.54, 1.807) is 17.5 Å². The number of H-pyrrole nitrogens is 1. The summed E-state index contributed by atoms with van der Waals surface area (Å²) in [5.74, 6) is 0.878. The Balaban J connectivity index is 1.61. The van der Waals surface area contributed by atoms with E-state index in [1.165, 1.54) is 4.70 Å². The number of hydrogen-bond acceptors (Lipinski definition) is 4. The molecule has 0 aliphatic rings. The zero-order valence-electron chi connectivity index (χ0n) is 11.5. The number of ether oxygens (including phenoxy) is 1. The first-order valence-electron chi connectivity index (χ1n) is 6.70. The molecule has 0 unspecified atom stereocenters. The van der Waals surface area contributed by atoms with Crippen molar-refractivity contribution in [2.45, 2.75) is 13.5 Å². The monoisotopic (exact) mass is 295 g/mol. The molecule has 0 bridgehead atoms. The van der Waals surface area contributed by atoms with Gasteiger partial charge in [-0.3, -0.25) is 5.10 Å². The Morgan fingerprint density at radius 3 is 3.05 bits per heavy atom. The van der Waals surface area contributed by atoms with Crippen LogP contribution in [-0.4, -0.2) is 15.2 Å². The third-order valence-electron chi connectivity index (χ3n) is 3.43. The van der Waals surface area contributed by atoms with E-state index in [9.17, 15) is 0 Å². The lowest BCUT2D eigenvalue weighted by Crippen LogP contribution is -1.96. The van der Waals surface area contributed by atoms with Crippen LogP contribution in [0.3, 0.4) is 0 Å². The van der Waals surface area contributed by atoms with Crippen molar-refractivity contribution in [3.8, 4) is 5.75 Å². The van der Waals surface area contributed by atoms with Crippen LogP contribution in [-0.2, 0) is 6.61 Å². The van der Waals surface area contributed by atoms with Gasteiger partial charge in [-0.1, -0.05) is 12.1 Å². The molecule has 0 radical (unpaired) electrons. The molecule has 104 valence electrons. The number of para-hydroxylation sites is 1. The Bertz CT molecular complexity index is 892. The number of aromatic amines is 1. The van der Waals surface area contributed by atoms with Gasteiger partial charge < -0.3 is 4.74 Å². The predicted molar refractivity (Wildman–Crippen MR) is 84.8 cm³/mol. The van der Waals surface area contributed by atoms with Crippen LogP contribution >= 0.6 is 11.3 Å². The first kappa shape index (κ1) is 12.3. The minimum atomic E-state index is 0.490. The molecule has 2 heterocycles. The minimum Gasteiger partial charge on any atom is -0.486 e. The van der Waals surface area contributed by atoms with Gasteiger partial charge in [0.1, 0.15) is 17.4 Å². The van der Waals surface area contributed by atoms with Gasteiger partial charge in [0.25, 0.3) is 0 Å². The summed E-state index contributed by atoms with van der Waals surface area (Å²) in [5.41, 5.74) is 3.15. The lowest BCUT2D eigenvalue weighted by atomic mass is 10.1. The lowest BCUT2D eigenvalue weighted by Gasteiger charge is -2.07. The van der Waals surface area contributed by atoms with Crippen molar-refractivity contribution >= 4 is 32.5 Å². The third kappa shape index (κ3) is 2.25. The van der Waals surface area contributed by atoms with Crippen LogP contribution in [0.2, 0.25) is 0 Å². The molecule has 0 saturated carbocycles. The van der Waals surface area contributed by atoms with Crippen LogP contribution in [0, 0.1) is 6.92 Å². The van der Waals surface area contributed by atoms with Gasteiger partial charge in [0.05, 0.1) is 21.9 Å². The Hall–Kier alpha value is -2.40. The summed E-state index contributed by atoms with van der Waals surface area (Å²) in [7, 11) is 0. The van der Waals surface area contributed by atoms with Crippen molar-refractivity contribution in [1.29, 1.82) is 0 Å². The van der Waals surface area contributed by atoms with Crippen LogP contribution in [0.15, 0.2) is 42.6 Å². The van der Waals surface area contributed by atoms with Crippen molar-refractivity contribution in [3.63, 3.8) is 0 Å². The molecule has 0 amide bonds. The molecule has 4 rings (SSSR count). The molecule has 0 saturated heterocycles. The molecular formula is C16H13N3OS. The number of aryl methyl sites for hydroxylation is 1. The number of nitrogens with one attached hydrogen (secondary N) is 1. The summed E-state index contributed by atoms with van der Waals surface area (Å²) < 4.78 is 7.13. The number of benzene rings is 2. The van der Waals surface area contributed by atoms with Crippen LogP contribution in [0.5, 0.6) is 5.75 Å². The minimum absolute atomic E-state index is 0.490. The molecule has 2 aromatic heterocycles. The van der Waals surface area contributed by atoms with E-state index in [-0.39, 0.29) is 0 Å². The van der Waals surface area contributed by atoms with E-state index >= 15 is 0 Å². The molecule has 4 aromatic rings. The van der Waals surface area contributed by atoms with Crippen molar-refractivity contribution in [2.75, 3.05) is 0 Å². The maximum Gasteiger partial charge on any atom is 0.140 e. The molecule has 5 heteroatoms. The van der Waals surface area contributed by atoms with Crippen molar-refractivity contribution in [1.82, 2.24) is 15.2 Å². The van der Waals surface area contributed by atoms with Crippen LogP contribution < -0.4 is 4.74 Å². The zero-order chi connectivity index (χ0) is 14.2. The average Bonchev–Trinajstić information content (AvgIpc) is 3.09. The van der Waals surface area contributed by atoms with Gasteiger partial charge in [-0.2, -0.15) is 5.10 Å². The van der Waals surface area contributed by atoms with Crippen molar-refractivity contribution < 1.29 is 4.74 Å². The molecule has 0 atom stereocenters. The maximum absolute atomic E-state index is 5.94. The second-order valence-electron chi connectivity index (χ2n) is 4.94. The fourth-order valence-corrected chi connectivity index (χ4v) is 3.24. The second kappa shape index (κ2) is 4.86. The molecule has 0 spiro atoms. The van der Waals surface area contributed by atoms with Crippen molar-refractivity contribution in [3.05, 3.63) is 53.2 Å². The Kier molecular flexibility index (Phi) is 2.86. The average molecular weight is 295 g/mol. The number of thiazole rings is 1. The van der Waals surface area contributed by atoms with Crippen LogP contribution in [0.1, 0.15) is 10.6 Å². The highest BCUT2D eigenvalue weighted by atomic mass is 32.1. The molecule has 4 nitrogen and oxygen atoms in total. The van der Waals surface area contributed by atoms with E-state index < -0.39 is 0 Å². The van der Waals surface area contributed by atoms with E-state index in [2.05, 4.69) is 27.3 Å². The number of hydrogen-bond donors (Lipinski definition) is 1. The summed E-state index contributed by atoms with van der Waals surface area (Å²) in [4.78, 5) is 4.58. The smallest absolute Gasteiger partial charge is 0.140 e. The number of fused-ring (bicyclic) bond motifs is 2. The van der Waals surface area contributed by atoms with Crippen LogP contribution in [0.25, 0.3) is 21.1 Å². The van der Waals surface area contributed by atoms with E-state index in [1.807, 2.05) is 31.2 Å². The fourth-order valence-electron chi connectivity index (χ4n) is 2.36. The number of aromatic nitrogens is 3. The normalized spacial score (nSPS) is 11.3. The van der Waals surface area contributed by atoms with Gasteiger partial charge in [0.2, 0.25) is 0 Å². The summed E-state index contributed by atoms with van der Waals surface area (Å²) >= 11 is 1.67. The Labute approximate surface area is 125 Å². The van der Waals surface area contributed by atoms with E-state index in [0.717, 1.165) is 32.7 Å². The number of nitrogens with zero attached hydrogens (tertiary/aromatic N) is 2. The predicted octanol–water partition coefficient (Wildman–Crippen LogP) is 4.06. The van der Waals surface area contributed by atoms with Gasteiger partial charge in [0, 0.05) is 5.39 Å². The molecule has 0 aliphatic carbocycles. The summed E-state index contributed by atoms with van der Waals surface area (Å²) in [6, 6.07) is 12.2. The molecule has 21 heavy (non-hydrogen) atoms. The van der Waals surface area contributed by atoms with Crippen molar-refractivity contribution in [2.24, 2.45) is 0 Å². The Morgan fingerprint density at radius 2 is 2.14 bits per heavy atom. The van der Waals surface area contributed by atoms with Gasteiger partial charge >= 0.3 is 0 Å². The van der Waals surface area contributed by atoms with Gasteiger partial charge in [-0.25, -0.2) is 4.98 Å². The van der Waals surface area contributed by atoms with Crippen LogP contribution in [0.4, 0.5) is 0 Å². The SMILES string of the molecule is Cc1cc2[nH]ncc2cc1OCc1nc2ccccc2s1. The highest BCUT2D eigenvalue weighted by Gasteiger charge is 2.07. The van der Waals surface area contributed by atoms with Gasteiger partial charge in [-0.15, -0.1) is 11.3 Å². The second-order valence-corrected chi connectivity index (χ2v) is 6.05. The summed E-state index contributed by atoms with van der Waals surface area (Å²) in [5, 5.41) is 9.05. The highest BCUT2D eigenvalue weighted by molar-refractivity contribution is 7.18. The van der Waals surface area contributed by atoms with E-state index in [0.29, 0.717) is 6.61 Å². The van der Waals surface area contributed by atoms with Gasteiger partial charge in [-0.05, 0) is 36.8 Å². The zero-order valence-corrected chi connectivity index (χ0v) is 12.3. The molecule has 2 aromatic carbocycles. The lowest BCUT2D eigenvalue weighted by molar-refractivity contribution is 0.304. The topological polar surface area (TPSA) is 50.8 Å². The molecule has 1 N–H and O–H groups in total.